The smallest absolute Gasteiger partial charge is 0.191 e. The summed E-state index contributed by atoms with van der Waals surface area (Å²) >= 11 is 0. The largest absolute Gasteiger partial charge is 0.508 e. The van der Waals surface area contributed by atoms with Gasteiger partial charge in [0.1, 0.15) is 28.6 Å². The van der Waals surface area contributed by atoms with Gasteiger partial charge in [0, 0.05) is 6.07 Å². The molecular formula is C13H9N3O3. The van der Waals surface area contributed by atoms with Gasteiger partial charge in [-0.2, -0.15) is 0 Å². The molecule has 0 aromatic heterocycles. The summed E-state index contributed by atoms with van der Waals surface area (Å²) in [5.41, 5.74) is 0.635. The second kappa shape index (κ2) is 5.06. The Kier molecular flexibility index (Phi) is 3.30. The average Bonchev–Trinajstić information content (AvgIpc) is 2.39. The molecule has 0 radical (unpaired) electrons. The molecule has 3 N–H and O–H groups in total. The van der Waals surface area contributed by atoms with Gasteiger partial charge in [0.25, 0.3) is 0 Å². The fourth-order valence-corrected chi connectivity index (χ4v) is 1.37. The van der Waals surface area contributed by atoms with Gasteiger partial charge in [-0.15, -0.1) is 10.2 Å². The standard InChI is InChI=1S/C13H9N3O3/c1-14-8-2-4-10(12(18)6-8)15-16-11-5-3-9(17)7-13(11)19/h2-7,17-19H. The van der Waals surface area contributed by atoms with Crippen molar-refractivity contribution in [1.82, 2.24) is 0 Å². The average molecular weight is 255 g/mol. The highest BCUT2D eigenvalue weighted by Crippen LogP contribution is 2.34. The molecule has 2 aromatic rings. The fraction of sp³-hybridized carbons (Fsp3) is 0. The number of aromatic hydroxyl groups is 3. The van der Waals surface area contributed by atoms with E-state index in [1.165, 1.54) is 30.3 Å². The Labute approximate surface area is 108 Å². The van der Waals surface area contributed by atoms with Gasteiger partial charge >= 0.3 is 0 Å². The van der Waals surface area contributed by atoms with Crippen LogP contribution in [0.25, 0.3) is 4.85 Å². The summed E-state index contributed by atoms with van der Waals surface area (Å²) in [5, 5.41) is 35.8. The van der Waals surface area contributed by atoms with Crippen LogP contribution in [0.3, 0.4) is 0 Å². The van der Waals surface area contributed by atoms with Crippen molar-refractivity contribution >= 4 is 17.1 Å². The van der Waals surface area contributed by atoms with Crippen LogP contribution >= 0.6 is 0 Å². The van der Waals surface area contributed by atoms with E-state index >= 15 is 0 Å². The van der Waals surface area contributed by atoms with Crippen molar-refractivity contribution in [2.45, 2.75) is 0 Å². The van der Waals surface area contributed by atoms with Gasteiger partial charge in [0.15, 0.2) is 5.69 Å². The molecule has 0 fully saturated rings. The normalized spacial score (nSPS) is 10.5. The van der Waals surface area contributed by atoms with Crippen molar-refractivity contribution in [2.24, 2.45) is 10.2 Å². The molecule has 6 heteroatoms. The lowest BCUT2D eigenvalue weighted by atomic mass is 10.2. The van der Waals surface area contributed by atoms with E-state index in [4.69, 9.17) is 11.7 Å². The van der Waals surface area contributed by atoms with Gasteiger partial charge in [-0.3, -0.25) is 0 Å². The summed E-state index contributed by atoms with van der Waals surface area (Å²) in [6, 6.07) is 8.10. The maximum Gasteiger partial charge on any atom is 0.191 e. The summed E-state index contributed by atoms with van der Waals surface area (Å²) in [7, 11) is 0. The second-order valence-electron chi connectivity index (χ2n) is 3.66. The van der Waals surface area contributed by atoms with Crippen LogP contribution in [0.5, 0.6) is 17.2 Å². The minimum absolute atomic E-state index is 0.0827. The van der Waals surface area contributed by atoms with Crippen molar-refractivity contribution in [3.05, 3.63) is 47.8 Å². The summed E-state index contributed by atoms with van der Waals surface area (Å²) < 4.78 is 0. The zero-order valence-corrected chi connectivity index (χ0v) is 9.65. The predicted molar refractivity (Wildman–Crippen MR) is 68.3 cm³/mol. The van der Waals surface area contributed by atoms with E-state index in [1.54, 1.807) is 0 Å². The van der Waals surface area contributed by atoms with E-state index in [1.807, 2.05) is 0 Å². The van der Waals surface area contributed by atoms with Gasteiger partial charge < -0.3 is 15.3 Å². The Hall–Kier alpha value is -3.07. The van der Waals surface area contributed by atoms with Gasteiger partial charge in [0.05, 0.1) is 6.57 Å². The van der Waals surface area contributed by atoms with Crippen LogP contribution in [0.15, 0.2) is 46.6 Å². The third-order valence-corrected chi connectivity index (χ3v) is 2.31. The lowest BCUT2D eigenvalue weighted by molar-refractivity contribution is 0.451. The molecule has 6 nitrogen and oxygen atoms in total. The first kappa shape index (κ1) is 12.4. The van der Waals surface area contributed by atoms with Crippen LogP contribution in [0, 0.1) is 6.57 Å². The van der Waals surface area contributed by atoms with Crippen LogP contribution < -0.4 is 0 Å². The zero-order chi connectivity index (χ0) is 13.8. The number of azo groups is 1. The summed E-state index contributed by atoms with van der Waals surface area (Å²) in [6.45, 7) is 6.80. The Morgan fingerprint density at radius 1 is 0.842 bits per heavy atom. The highest BCUT2D eigenvalue weighted by molar-refractivity contribution is 5.61. The number of phenols is 3. The first-order valence-electron chi connectivity index (χ1n) is 5.24. The van der Waals surface area contributed by atoms with Crippen LogP contribution in [0.4, 0.5) is 17.1 Å². The maximum absolute atomic E-state index is 9.61. The molecule has 0 saturated heterocycles. The molecule has 94 valence electrons. The van der Waals surface area contributed by atoms with Crippen LogP contribution in [-0.2, 0) is 0 Å². The zero-order valence-electron chi connectivity index (χ0n) is 9.65. The highest BCUT2D eigenvalue weighted by Gasteiger charge is 2.03. The molecule has 0 spiro atoms. The molecule has 2 rings (SSSR count). The minimum atomic E-state index is -0.221. The van der Waals surface area contributed by atoms with Crippen molar-refractivity contribution in [2.75, 3.05) is 0 Å². The molecule has 0 aliphatic carbocycles. The SMILES string of the molecule is [C-]#[N+]c1ccc(N=Nc2ccc(O)cc2O)c(O)c1. The monoisotopic (exact) mass is 255 g/mol. The van der Waals surface area contributed by atoms with E-state index in [2.05, 4.69) is 15.1 Å². The number of hydrogen-bond donors (Lipinski definition) is 3. The number of hydrogen-bond acceptors (Lipinski definition) is 5. The topological polar surface area (TPSA) is 89.8 Å². The molecule has 0 unspecified atom stereocenters. The second-order valence-corrected chi connectivity index (χ2v) is 3.66. The number of nitrogens with zero attached hydrogens (tertiary/aromatic N) is 3. The molecule has 0 bridgehead atoms. The van der Waals surface area contributed by atoms with Crippen molar-refractivity contribution in [3.8, 4) is 17.2 Å². The number of rotatable bonds is 2. The van der Waals surface area contributed by atoms with E-state index < -0.39 is 0 Å². The van der Waals surface area contributed by atoms with Gasteiger partial charge in [-0.25, -0.2) is 4.85 Å². The summed E-state index contributed by atoms with van der Waals surface area (Å²) in [6.07, 6.45) is 0. The molecule has 0 aliphatic rings. The first-order valence-corrected chi connectivity index (χ1v) is 5.24. The molecule has 0 saturated carbocycles. The maximum atomic E-state index is 9.61. The molecule has 19 heavy (non-hydrogen) atoms. The van der Waals surface area contributed by atoms with E-state index in [9.17, 15) is 10.2 Å². The summed E-state index contributed by atoms with van der Waals surface area (Å²) in [4.78, 5) is 3.16. The lowest BCUT2D eigenvalue weighted by Crippen LogP contribution is -1.70. The quantitative estimate of drug-likeness (QED) is 0.563. The number of phenolic OH excluding ortho intramolecular Hbond substituents is 3. The van der Waals surface area contributed by atoms with Crippen LogP contribution in [0.1, 0.15) is 0 Å². The third kappa shape index (κ3) is 2.79. The van der Waals surface area contributed by atoms with E-state index in [-0.39, 0.29) is 28.6 Å². The Bertz CT molecular complexity index is 690. The van der Waals surface area contributed by atoms with Crippen molar-refractivity contribution < 1.29 is 15.3 Å². The first-order chi connectivity index (χ1) is 9.10. The summed E-state index contributed by atoms with van der Waals surface area (Å²) in [5.74, 6) is -0.475. The third-order valence-electron chi connectivity index (χ3n) is 2.31. The minimum Gasteiger partial charge on any atom is -0.508 e. The van der Waals surface area contributed by atoms with Crippen LogP contribution in [-0.4, -0.2) is 15.3 Å². The van der Waals surface area contributed by atoms with Gasteiger partial charge in [-0.05, 0) is 24.3 Å². The Morgan fingerprint density at radius 2 is 1.42 bits per heavy atom. The fourth-order valence-electron chi connectivity index (χ4n) is 1.37. The number of benzene rings is 2. The van der Waals surface area contributed by atoms with Gasteiger partial charge in [-0.1, -0.05) is 6.07 Å². The Morgan fingerprint density at radius 3 is 1.95 bits per heavy atom. The molecule has 0 heterocycles. The van der Waals surface area contributed by atoms with Gasteiger partial charge in [0.2, 0.25) is 0 Å². The molecule has 0 amide bonds. The Balaban J connectivity index is 2.30. The molecule has 2 aromatic carbocycles. The predicted octanol–water partition coefficient (Wildman–Crippen LogP) is 3.77. The van der Waals surface area contributed by atoms with E-state index in [0.29, 0.717) is 5.69 Å². The van der Waals surface area contributed by atoms with Crippen LogP contribution in [0.2, 0.25) is 0 Å². The lowest BCUT2D eigenvalue weighted by Gasteiger charge is -2.00. The highest BCUT2D eigenvalue weighted by atomic mass is 16.3. The molecule has 0 aliphatic heterocycles. The molecular weight excluding hydrogens is 246 g/mol. The van der Waals surface area contributed by atoms with E-state index in [0.717, 1.165) is 6.07 Å². The van der Waals surface area contributed by atoms with Crippen molar-refractivity contribution in [1.29, 1.82) is 0 Å². The molecule has 0 atom stereocenters. The van der Waals surface area contributed by atoms with Crippen molar-refractivity contribution in [3.63, 3.8) is 0 Å².